The molecule has 0 aromatic carbocycles. The largest absolute Gasteiger partial charge is 0.212 e. The molecule has 56 valence electrons. The smallest absolute Gasteiger partial charge is 0.179 e. The number of halogens is 1. The molecule has 0 fully saturated rings. The van der Waals surface area contributed by atoms with Crippen molar-refractivity contribution < 1.29 is 0 Å². The fraction of sp³-hybridized carbons (Fsp3) is 0.667. The molecule has 0 aliphatic carbocycles. The minimum Gasteiger partial charge on any atom is -0.212 e. The summed E-state index contributed by atoms with van der Waals surface area (Å²) in [6.07, 6.45) is 0. The van der Waals surface area contributed by atoms with E-state index in [4.69, 9.17) is 0 Å². The van der Waals surface area contributed by atoms with Crippen molar-refractivity contribution in [2.75, 3.05) is 0 Å². The number of aromatic nitrogens is 2. The predicted octanol–water partition coefficient (Wildman–Crippen LogP) is 2.60. The summed E-state index contributed by atoms with van der Waals surface area (Å²) in [6.45, 7) is 6.30. The second kappa shape index (κ2) is 2.58. The van der Waals surface area contributed by atoms with Crippen molar-refractivity contribution in [2.24, 2.45) is 0 Å². The van der Waals surface area contributed by atoms with Crippen LogP contribution in [-0.4, -0.2) is 9.36 Å². The summed E-state index contributed by atoms with van der Waals surface area (Å²) in [5.74, 6) is 0.907. The zero-order valence-corrected chi connectivity index (χ0v) is 8.58. The molecule has 0 aliphatic heterocycles. The lowest BCUT2D eigenvalue weighted by Gasteiger charge is -2.11. The highest BCUT2D eigenvalue weighted by atomic mass is 79.9. The van der Waals surface area contributed by atoms with E-state index in [1.54, 1.807) is 0 Å². The first-order chi connectivity index (χ1) is 4.50. The van der Waals surface area contributed by atoms with E-state index in [1.807, 2.05) is 0 Å². The molecule has 1 aromatic heterocycles. The van der Waals surface area contributed by atoms with Crippen LogP contribution in [0, 0.1) is 0 Å². The van der Waals surface area contributed by atoms with E-state index in [2.05, 4.69) is 46.1 Å². The van der Waals surface area contributed by atoms with Crippen molar-refractivity contribution in [3.8, 4) is 0 Å². The Labute approximate surface area is 73.0 Å². The summed E-state index contributed by atoms with van der Waals surface area (Å²) in [5.41, 5.74) is 0.0719. The normalized spacial score (nSPS) is 12.0. The minimum absolute atomic E-state index is 0.0719. The highest BCUT2D eigenvalue weighted by Gasteiger charge is 2.18. The van der Waals surface area contributed by atoms with Gasteiger partial charge in [-0.3, -0.25) is 0 Å². The molecule has 0 radical (unpaired) electrons. The van der Waals surface area contributed by atoms with Crippen LogP contribution in [0.4, 0.5) is 0 Å². The Morgan fingerprint density at radius 1 is 1.40 bits per heavy atom. The molecule has 2 nitrogen and oxygen atoms in total. The van der Waals surface area contributed by atoms with Crippen LogP contribution < -0.4 is 0 Å². The Kier molecular flexibility index (Phi) is 2.10. The summed E-state index contributed by atoms with van der Waals surface area (Å²) in [6, 6.07) is 0. The Hall–Kier alpha value is 0.0400. The van der Waals surface area contributed by atoms with Gasteiger partial charge >= 0.3 is 0 Å². The highest BCUT2D eigenvalue weighted by molar-refractivity contribution is 9.11. The molecule has 0 aliphatic rings. The van der Waals surface area contributed by atoms with E-state index in [0.29, 0.717) is 0 Å². The third-order valence-electron chi connectivity index (χ3n) is 1.07. The Balaban J connectivity index is 2.96. The summed E-state index contributed by atoms with van der Waals surface area (Å²) in [7, 11) is 0. The number of rotatable bonds is 0. The Morgan fingerprint density at radius 2 is 2.00 bits per heavy atom. The topological polar surface area (TPSA) is 25.8 Å². The van der Waals surface area contributed by atoms with Gasteiger partial charge in [-0.25, -0.2) is 4.98 Å². The van der Waals surface area contributed by atoms with E-state index >= 15 is 0 Å². The van der Waals surface area contributed by atoms with E-state index in [9.17, 15) is 0 Å². The van der Waals surface area contributed by atoms with Gasteiger partial charge in [0.15, 0.2) is 3.92 Å². The molecule has 0 saturated heterocycles. The summed E-state index contributed by atoms with van der Waals surface area (Å²) >= 11 is 4.66. The molecule has 0 N–H and O–H groups in total. The average Bonchev–Trinajstić information content (AvgIpc) is 2.11. The molecule has 1 aromatic rings. The molecule has 4 heteroatoms. The lowest BCUT2D eigenvalue weighted by Crippen LogP contribution is -2.12. The minimum atomic E-state index is 0.0719. The fourth-order valence-electron chi connectivity index (χ4n) is 0.510. The van der Waals surface area contributed by atoms with Crippen LogP contribution in [0.1, 0.15) is 26.6 Å². The summed E-state index contributed by atoms with van der Waals surface area (Å²) in [5, 5.41) is 0. The van der Waals surface area contributed by atoms with Crippen LogP contribution in [0.15, 0.2) is 3.92 Å². The number of hydrogen-bond donors (Lipinski definition) is 0. The van der Waals surface area contributed by atoms with E-state index in [0.717, 1.165) is 9.74 Å². The van der Waals surface area contributed by atoms with E-state index in [-0.39, 0.29) is 5.41 Å². The molecule has 1 rings (SSSR count). The molecular weight excluding hydrogens is 212 g/mol. The van der Waals surface area contributed by atoms with Crippen molar-refractivity contribution in [1.82, 2.24) is 9.36 Å². The van der Waals surface area contributed by atoms with Crippen LogP contribution in [0.5, 0.6) is 0 Å². The van der Waals surface area contributed by atoms with Gasteiger partial charge in [0.05, 0.1) is 0 Å². The average molecular weight is 221 g/mol. The predicted molar refractivity (Wildman–Crippen MR) is 46.3 cm³/mol. The van der Waals surface area contributed by atoms with Gasteiger partial charge in [-0.15, -0.1) is 0 Å². The van der Waals surface area contributed by atoms with Crippen LogP contribution in [-0.2, 0) is 5.41 Å². The van der Waals surface area contributed by atoms with Gasteiger partial charge in [-0.1, -0.05) is 20.8 Å². The van der Waals surface area contributed by atoms with E-state index in [1.165, 1.54) is 11.5 Å². The van der Waals surface area contributed by atoms with Gasteiger partial charge in [-0.05, 0) is 27.5 Å². The van der Waals surface area contributed by atoms with Crippen LogP contribution in [0.3, 0.4) is 0 Å². The van der Waals surface area contributed by atoms with Gasteiger partial charge in [0.25, 0.3) is 0 Å². The summed E-state index contributed by atoms with van der Waals surface area (Å²) in [4.78, 5) is 4.21. The molecule has 0 atom stereocenters. The van der Waals surface area contributed by atoms with Crippen LogP contribution in [0.25, 0.3) is 0 Å². The maximum absolute atomic E-state index is 4.21. The van der Waals surface area contributed by atoms with Crippen molar-refractivity contribution in [3.63, 3.8) is 0 Å². The Bertz CT molecular complexity index is 226. The first kappa shape index (κ1) is 8.14. The van der Waals surface area contributed by atoms with Gasteiger partial charge in [0, 0.05) is 5.41 Å². The molecule has 0 spiro atoms. The van der Waals surface area contributed by atoms with Crippen LogP contribution in [0.2, 0.25) is 0 Å². The lowest BCUT2D eigenvalue weighted by molar-refractivity contribution is 0.554. The van der Waals surface area contributed by atoms with Gasteiger partial charge in [-0.2, -0.15) is 4.37 Å². The maximum atomic E-state index is 4.21. The quantitative estimate of drug-likeness (QED) is 0.672. The summed E-state index contributed by atoms with van der Waals surface area (Å²) < 4.78 is 5.03. The molecule has 10 heavy (non-hydrogen) atoms. The van der Waals surface area contributed by atoms with Crippen molar-refractivity contribution in [1.29, 1.82) is 0 Å². The molecule has 0 bridgehead atoms. The van der Waals surface area contributed by atoms with Gasteiger partial charge < -0.3 is 0 Å². The number of nitrogens with zero attached hydrogens (tertiary/aromatic N) is 2. The first-order valence-electron chi connectivity index (χ1n) is 3.00. The van der Waals surface area contributed by atoms with Crippen molar-refractivity contribution in [3.05, 3.63) is 9.74 Å². The van der Waals surface area contributed by atoms with Gasteiger partial charge in [0.2, 0.25) is 0 Å². The highest BCUT2D eigenvalue weighted by Crippen LogP contribution is 2.22. The molecular formula is C6H9BrN2S. The third-order valence-corrected chi connectivity index (χ3v) is 2.19. The van der Waals surface area contributed by atoms with Crippen LogP contribution >= 0.6 is 27.5 Å². The fourth-order valence-corrected chi connectivity index (χ4v) is 1.50. The molecule has 0 unspecified atom stereocenters. The zero-order valence-electron chi connectivity index (χ0n) is 6.18. The second-order valence-corrected chi connectivity index (χ2v) is 5.15. The SMILES string of the molecule is CC(C)(C)c1nsc(Br)n1. The zero-order chi connectivity index (χ0) is 7.78. The Morgan fingerprint density at radius 3 is 2.20 bits per heavy atom. The van der Waals surface area contributed by atoms with Gasteiger partial charge in [0.1, 0.15) is 5.82 Å². The molecule has 0 saturated carbocycles. The monoisotopic (exact) mass is 220 g/mol. The van der Waals surface area contributed by atoms with Crippen molar-refractivity contribution in [2.45, 2.75) is 26.2 Å². The van der Waals surface area contributed by atoms with Crippen molar-refractivity contribution >= 4 is 27.5 Å². The van der Waals surface area contributed by atoms with E-state index < -0.39 is 0 Å². The standard InChI is InChI=1S/C6H9BrN2S/c1-6(2,3)4-8-5(7)10-9-4/h1-3H3. The third kappa shape index (κ3) is 1.76. The second-order valence-electron chi connectivity index (χ2n) is 3.12. The molecule has 0 amide bonds. The number of hydrogen-bond acceptors (Lipinski definition) is 3. The first-order valence-corrected chi connectivity index (χ1v) is 4.56. The lowest BCUT2D eigenvalue weighted by atomic mass is 9.96. The molecule has 1 heterocycles. The maximum Gasteiger partial charge on any atom is 0.179 e.